The van der Waals surface area contributed by atoms with E-state index in [1.165, 1.54) is 18.2 Å². The Morgan fingerprint density at radius 1 is 1.04 bits per heavy atom. The minimum Gasteiger partial charge on any atom is -0.443 e. The highest BCUT2D eigenvalue weighted by molar-refractivity contribution is 5.95. The van der Waals surface area contributed by atoms with Crippen molar-refractivity contribution < 1.29 is 19.2 Å². The van der Waals surface area contributed by atoms with Crippen molar-refractivity contribution in [2.75, 3.05) is 0 Å². The van der Waals surface area contributed by atoms with Gasteiger partial charge in [0.15, 0.2) is 0 Å². The summed E-state index contributed by atoms with van der Waals surface area (Å²) >= 11 is 0. The van der Waals surface area contributed by atoms with Gasteiger partial charge in [-0.15, -0.1) is 0 Å². The summed E-state index contributed by atoms with van der Waals surface area (Å²) in [6.07, 6.45) is -0.840. The van der Waals surface area contributed by atoms with Gasteiger partial charge in [0.1, 0.15) is 6.61 Å². The molecule has 0 aromatic heterocycles. The first-order valence-electron chi connectivity index (χ1n) is 6.58. The maximum atomic E-state index is 11.8. The maximum Gasteiger partial charge on any atom is 0.426 e. The molecule has 8 heteroatoms. The van der Waals surface area contributed by atoms with E-state index >= 15 is 0 Å². The number of hydrogen-bond donors (Lipinski definition) is 2. The molecule has 0 saturated carbocycles. The van der Waals surface area contributed by atoms with E-state index in [9.17, 15) is 19.7 Å². The number of hydrogen-bond acceptors (Lipinski definition) is 5. The average molecular weight is 315 g/mol. The number of carbonyl (C=O) groups excluding carboxylic acids is 2. The number of amides is 2. The first kappa shape index (κ1) is 16.0. The fraction of sp³-hybridized carbons (Fsp3) is 0.0667. The molecule has 0 radical (unpaired) electrons. The summed E-state index contributed by atoms with van der Waals surface area (Å²) in [5.74, 6) is -0.689. The Hall–Kier alpha value is -3.42. The summed E-state index contributed by atoms with van der Waals surface area (Å²) in [7, 11) is 0. The molecule has 0 aliphatic heterocycles. The predicted molar refractivity (Wildman–Crippen MR) is 80.3 cm³/mol. The number of benzene rings is 2. The van der Waals surface area contributed by atoms with E-state index in [0.29, 0.717) is 0 Å². The molecule has 2 amide bonds. The van der Waals surface area contributed by atoms with Crippen LogP contribution in [0, 0.1) is 10.1 Å². The molecule has 0 fully saturated rings. The third-order valence-corrected chi connectivity index (χ3v) is 2.81. The first-order chi connectivity index (χ1) is 11.1. The lowest BCUT2D eigenvalue weighted by molar-refractivity contribution is -0.384. The molecule has 0 aliphatic carbocycles. The maximum absolute atomic E-state index is 11.8. The van der Waals surface area contributed by atoms with Gasteiger partial charge in [0.2, 0.25) is 0 Å². The number of nitrogens with one attached hydrogen (secondary N) is 2. The van der Waals surface area contributed by atoms with E-state index in [0.717, 1.165) is 11.6 Å². The third kappa shape index (κ3) is 4.81. The normalized spacial score (nSPS) is 9.74. The van der Waals surface area contributed by atoms with Gasteiger partial charge in [-0.1, -0.05) is 36.4 Å². The highest BCUT2D eigenvalue weighted by Gasteiger charge is 2.12. The quantitative estimate of drug-likeness (QED) is 0.663. The van der Waals surface area contributed by atoms with E-state index in [1.54, 1.807) is 24.3 Å². The minimum atomic E-state index is -0.840. The number of nitrogens with zero attached hydrogens (tertiary/aromatic N) is 1. The summed E-state index contributed by atoms with van der Waals surface area (Å²) in [5.41, 5.74) is 4.81. The third-order valence-electron chi connectivity index (χ3n) is 2.81. The second kappa shape index (κ2) is 7.55. The molecule has 8 nitrogen and oxygen atoms in total. The van der Waals surface area contributed by atoms with Crippen LogP contribution in [0.4, 0.5) is 10.5 Å². The van der Waals surface area contributed by atoms with Crippen molar-refractivity contribution in [2.24, 2.45) is 0 Å². The number of non-ortho nitro benzene ring substituents is 1. The van der Waals surface area contributed by atoms with Crippen LogP contribution in [0.3, 0.4) is 0 Å². The standard InChI is InChI=1S/C15H13N3O5/c19-14(12-7-4-8-13(9-12)18(21)22)16-17-15(20)23-10-11-5-2-1-3-6-11/h1-9H,10H2,(H,16,19)(H,17,20). The highest BCUT2D eigenvalue weighted by Crippen LogP contribution is 2.12. The zero-order chi connectivity index (χ0) is 16.7. The van der Waals surface area contributed by atoms with Gasteiger partial charge in [-0.2, -0.15) is 0 Å². The molecular formula is C15H13N3O5. The number of rotatable bonds is 4. The van der Waals surface area contributed by atoms with E-state index in [4.69, 9.17) is 4.74 Å². The summed E-state index contributed by atoms with van der Waals surface area (Å²) in [5, 5.41) is 10.6. The van der Waals surface area contributed by atoms with Gasteiger partial charge in [-0.3, -0.25) is 20.3 Å². The molecular weight excluding hydrogens is 302 g/mol. The van der Waals surface area contributed by atoms with Crippen LogP contribution < -0.4 is 10.9 Å². The summed E-state index contributed by atoms with van der Waals surface area (Å²) in [4.78, 5) is 33.3. The Kier molecular flexibility index (Phi) is 5.24. The van der Waals surface area contributed by atoms with E-state index < -0.39 is 16.9 Å². The fourth-order valence-corrected chi connectivity index (χ4v) is 1.70. The van der Waals surface area contributed by atoms with Crippen molar-refractivity contribution in [3.05, 3.63) is 75.8 Å². The van der Waals surface area contributed by atoms with Gasteiger partial charge in [0.05, 0.1) is 4.92 Å². The van der Waals surface area contributed by atoms with Crippen molar-refractivity contribution in [1.29, 1.82) is 0 Å². The second-order valence-corrected chi connectivity index (χ2v) is 4.45. The van der Waals surface area contributed by atoms with Crippen LogP contribution in [0.15, 0.2) is 54.6 Å². The van der Waals surface area contributed by atoms with Gasteiger partial charge in [0, 0.05) is 17.7 Å². The number of ether oxygens (including phenoxy) is 1. The van der Waals surface area contributed by atoms with Gasteiger partial charge >= 0.3 is 6.09 Å². The summed E-state index contributed by atoms with van der Waals surface area (Å²) < 4.78 is 4.90. The van der Waals surface area contributed by atoms with Crippen molar-refractivity contribution in [3.8, 4) is 0 Å². The smallest absolute Gasteiger partial charge is 0.426 e. The molecule has 0 unspecified atom stereocenters. The number of nitro groups is 1. The zero-order valence-corrected chi connectivity index (χ0v) is 11.9. The monoisotopic (exact) mass is 315 g/mol. The van der Waals surface area contributed by atoms with Crippen molar-refractivity contribution >= 4 is 17.7 Å². The lowest BCUT2D eigenvalue weighted by Crippen LogP contribution is -2.41. The molecule has 0 aliphatic rings. The molecule has 0 spiro atoms. The van der Waals surface area contributed by atoms with Crippen molar-refractivity contribution in [1.82, 2.24) is 10.9 Å². The predicted octanol–water partition coefficient (Wildman–Crippen LogP) is 2.17. The number of carbonyl (C=O) groups is 2. The Balaban J connectivity index is 1.83. The van der Waals surface area contributed by atoms with Gasteiger partial charge in [-0.25, -0.2) is 10.2 Å². The SMILES string of the molecule is O=C(NNC(=O)c1cccc([N+](=O)[O-])c1)OCc1ccccc1. The highest BCUT2D eigenvalue weighted by atomic mass is 16.6. The topological polar surface area (TPSA) is 111 Å². The van der Waals surface area contributed by atoms with Crippen LogP contribution in [0.2, 0.25) is 0 Å². The largest absolute Gasteiger partial charge is 0.443 e. The molecule has 0 atom stereocenters. The van der Waals surface area contributed by atoms with Crippen LogP contribution >= 0.6 is 0 Å². The lowest BCUT2D eigenvalue weighted by Gasteiger charge is -2.08. The molecule has 2 N–H and O–H groups in total. The number of hydrazine groups is 1. The summed E-state index contributed by atoms with van der Waals surface area (Å²) in [6, 6.07) is 14.2. The Morgan fingerprint density at radius 3 is 2.48 bits per heavy atom. The van der Waals surface area contributed by atoms with E-state index in [2.05, 4.69) is 10.9 Å². The molecule has 0 saturated heterocycles. The van der Waals surface area contributed by atoms with Crippen molar-refractivity contribution in [2.45, 2.75) is 6.61 Å². The Morgan fingerprint density at radius 2 is 1.78 bits per heavy atom. The zero-order valence-electron chi connectivity index (χ0n) is 11.9. The van der Waals surface area contributed by atoms with Gasteiger partial charge in [0.25, 0.3) is 11.6 Å². The van der Waals surface area contributed by atoms with Crippen LogP contribution in [0.5, 0.6) is 0 Å². The molecule has 2 aromatic carbocycles. The van der Waals surface area contributed by atoms with E-state index in [1.807, 2.05) is 6.07 Å². The van der Waals surface area contributed by atoms with Gasteiger partial charge in [-0.05, 0) is 11.6 Å². The lowest BCUT2D eigenvalue weighted by atomic mass is 10.2. The van der Waals surface area contributed by atoms with Crippen molar-refractivity contribution in [3.63, 3.8) is 0 Å². The molecule has 0 heterocycles. The Labute approximate surface area is 131 Å². The second-order valence-electron chi connectivity index (χ2n) is 4.45. The minimum absolute atomic E-state index is 0.0440. The molecule has 0 bridgehead atoms. The molecule has 2 rings (SSSR count). The van der Waals surface area contributed by atoms with Crippen LogP contribution in [0.25, 0.3) is 0 Å². The molecule has 2 aromatic rings. The van der Waals surface area contributed by atoms with E-state index in [-0.39, 0.29) is 17.9 Å². The van der Waals surface area contributed by atoms with Crippen LogP contribution in [-0.2, 0) is 11.3 Å². The Bertz CT molecular complexity index is 718. The van der Waals surface area contributed by atoms with Gasteiger partial charge < -0.3 is 4.74 Å². The molecule has 118 valence electrons. The average Bonchev–Trinajstić information content (AvgIpc) is 2.58. The number of nitro benzene ring substituents is 1. The summed E-state index contributed by atoms with van der Waals surface area (Å²) in [6.45, 7) is 0.0549. The molecule has 23 heavy (non-hydrogen) atoms. The van der Waals surface area contributed by atoms with Crippen LogP contribution in [0.1, 0.15) is 15.9 Å². The first-order valence-corrected chi connectivity index (χ1v) is 6.58. The van der Waals surface area contributed by atoms with Crippen LogP contribution in [-0.4, -0.2) is 16.9 Å². The fourth-order valence-electron chi connectivity index (χ4n) is 1.70.